The average molecular weight is 342 g/mol. The van der Waals surface area contributed by atoms with Crippen molar-refractivity contribution in [3.05, 3.63) is 30.1 Å². The van der Waals surface area contributed by atoms with Crippen LogP contribution in [-0.2, 0) is 17.9 Å². The molecule has 1 aromatic heterocycles. The highest BCUT2D eigenvalue weighted by atomic mass is 16.2. The fourth-order valence-electron chi connectivity index (χ4n) is 3.61. The van der Waals surface area contributed by atoms with E-state index < -0.39 is 0 Å². The van der Waals surface area contributed by atoms with Gasteiger partial charge in [0.15, 0.2) is 0 Å². The third-order valence-corrected chi connectivity index (χ3v) is 5.02. The first-order valence-electron chi connectivity index (χ1n) is 9.37. The second kappa shape index (κ2) is 7.16. The predicted octanol–water partition coefficient (Wildman–Crippen LogP) is 3.18. The van der Waals surface area contributed by atoms with Crippen LogP contribution in [0.2, 0.25) is 0 Å². The molecule has 0 atom stereocenters. The summed E-state index contributed by atoms with van der Waals surface area (Å²) in [7, 11) is 0. The summed E-state index contributed by atoms with van der Waals surface area (Å²) in [6.07, 6.45) is 2.02. The molecule has 0 unspecified atom stereocenters. The molecule has 2 aromatic rings. The van der Waals surface area contributed by atoms with Crippen LogP contribution in [0, 0.1) is 5.41 Å². The van der Waals surface area contributed by atoms with Crippen molar-refractivity contribution in [2.24, 2.45) is 5.41 Å². The molecule has 136 valence electrons. The highest BCUT2D eigenvalue weighted by Gasteiger charge is 2.30. The predicted molar refractivity (Wildman–Crippen MR) is 101 cm³/mol. The minimum absolute atomic E-state index is 0.263. The van der Waals surface area contributed by atoms with Crippen LogP contribution in [0.25, 0.3) is 11.0 Å². The number of nitrogens with zero attached hydrogens (tertiary/aromatic N) is 3. The summed E-state index contributed by atoms with van der Waals surface area (Å²) in [5, 5.41) is 3.65. The Labute approximate surface area is 150 Å². The summed E-state index contributed by atoms with van der Waals surface area (Å²) < 4.78 is 2.28. The van der Waals surface area contributed by atoms with Crippen LogP contribution >= 0.6 is 0 Å². The Kier molecular flexibility index (Phi) is 5.13. The molecule has 1 N–H and O–H groups in total. The van der Waals surface area contributed by atoms with Crippen LogP contribution in [0.15, 0.2) is 24.3 Å². The molecule has 1 fully saturated rings. The van der Waals surface area contributed by atoms with Crippen molar-refractivity contribution < 1.29 is 4.79 Å². The number of carbonyl (C=O) groups is 1. The maximum Gasteiger partial charge on any atom is 0.227 e. The van der Waals surface area contributed by atoms with Gasteiger partial charge in [-0.3, -0.25) is 4.79 Å². The molecule has 3 rings (SSSR count). The van der Waals surface area contributed by atoms with Gasteiger partial charge >= 0.3 is 0 Å². The summed E-state index contributed by atoms with van der Waals surface area (Å²) >= 11 is 0. The van der Waals surface area contributed by atoms with Crippen LogP contribution in [0.3, 0.4) is 0 Å². The Morgan fingerprint density at radius 1 is 1.24 bits per heavy atom. The lowest BCUT2D eigenvalue weighted by atomic mass is 9.93. The first kappa shape index (κ1) is 17.9. The van der Waals surface area contributed by atoms with Gasteiger partial charge in [-0.05, 0) is 31.9 Å². The molecular weight excluding hydrogens is 312 g/mol. The first-order chi connectivity index (χ1) is 11.9. The Hall–Kier alpha value is -1.88. The number of amides is 1. The number of aryl methyl sites for hydroxylation is 1. The van der Waals surface area contributed by atoms with Crippen molar-refractivity contribution in [3.8, 4) is 0 Å². The number of fused-ring (bicyclic) bond motifs is 1. The molecule has 1 aromatic carbocycles. The van der Waals surface area contributed by atoms with Crippen molar-refractivity contribution in [3.63, 3.8) is 0 Å². The van der Waals surface area contributed by atoms with E-state index in [1.165, 1.54) is 5.52 Å². The molecule has 5 nitrogen and oxygen atoms in total. The Morgan fingerprint density at radius 3 is 2.56 bits per heavy atom. The molecule has 5 heteroatoms. The summed E-state index contributed by atoms with van der Waals surface area (Å²) in [4.78, 5) is 19.2. The standard InChI is InChI=1S/C20H30N4O/c1-5-24-17-9-7-6-8-16(17)22-18(24)14-21-15-10-12-23(13-11-15)19(25)20(2,3)4/h6-9,15,21H,5,10-14H2,1-4H3. The number of hydrogen-bond acceptors (Lipinski definition) is 3. The van der Waals surface area contributed by atoms with Crippen LogP contribution in [0.5, 0.6) is 0 Å². The van der Waals surface area contributed by atoms with Crippen molar-refractivity contribution >= 4 is 16.9 Å². The lowest BCUT2D eigenvalue weighted by molar-refractivity contribution is -0.140. The number of likely N-dealkylation sites (tertiary alicyclic amines) is 1. The summed E-state index contributed by atoms with van der Waals surface area (Å²) in [5.41, 5.74) is 1.98. The molecule has 0 aliphatic carbocycles. The average Bonchev–Trinajstić information content (AvgIpc) is 2.96. The minimum Gasteiger partial charge on any atom is -0.342 e. The molecule has 0 saturated carbocycles. The minimum atomic E-state index is -0.285. The number of aromatic nitrogens is 2. The number of nitrogens with one attached hydrogen (secondary N) is 1. The highest BCUT2D eigenvalue weighted by Crippen LogP contribution is 2.21. The molecule has 1 saturated heterocycles. The van der Waals surface area contributed by atoms with Gasteiger partial charge in [0.2, 0.25) is 5.91 Å². The Balaban J connectivity index is 1.58. The largest absolute Gasteiger partial charge is 0.342 e. The lowest BCUT2D eigenvalue weighted by Crippen LogP contribution is -2.48. The molecule has 0 bridgehead atoms. The number of carbonyl (C=O) groups excluding carboxylic acids is 1. The lowest BCUT2D eigenvalue weighted by Gasteiger charge is -2.36. The molecule has 1 amide bonds. The monoisotopic (exact) mass is 342 g/mol. The number of imidazole rings is 1. The van der Waals surface area contributed by atoms with Crippen LogP contribution in [0.4, 0.5) is 0 Å². The Bertz CT molecular complexity index is 736. The zero-order valence-electron chi connectivity index (χ0n) is 15.9. The van der Waals surface area contributed by atoms with E-state index in [0.29, 0.717) is 6.04 Å². The normalized spacial score (nSPS) is 16.6. The van der Waals surface area contributed by atoms with E-state index in [0.717, 1.165) is 50.4 Å². The molecule has 2 heterocycles. The fraction of sp³-hybridized carbons (Fsp3) is 0.600. The molecule has 0 radical (unpaired) electrons. The van der Waals surface area contributed by atoms with E-state index in [1.807, 2.05) is 31.7 Å². The zero-order valence-corrected chi connectivity index (χ0v) is 15.9. The zero-order chi connectivity index (χ0) is 18.0. The van der Waals surface area contributed by atoms with Gasteiger partial charge in [0.25, 0.3) is 0 Å². The topological polar surface area (TPSA) is 50.2 Å². The Morgan fingerprint density at radius 2 is 1.92 bits per heavy atom. The van der Waals surface area contributed by atoms with Gasteiger partial charge in [-0.25, -0.2) is 4.98 Å². The van der Waals surface area contributed by atoms with Gasteiger partial charge < -0.3 is 14.8 Å². The van der Waals surface area contributed by atoms with Gasteiger partial charge in [0.1, 0.15) is 5.82 Å². The summed E-state index contributed by atoms with van der Waals surface area (Å²) in [6, 6.07) is 8.76. The van der Waals surface area contributed by atoms with Crippen LogP contribution in [0.1, 0.15) is 46.4 Å². The number of rotatable bonds is 4. The van der Waals surface area contributed by atoms with Crippen molar-refractivity contribution in [1.82, 2.24) is 19.8 Å². The summed E-state index contributed by atoms with van der Waals surface area (Å²) in [5.74, 6) is 1.36. The van der Waals surface area contributed by atoms with Crippen LogP contribution < -0.4 is 5.32 Å². The van der Waals surface area contributed by atoms with E-state index >= 15 is 0 Å². The molecule has 0 spiro atoms. The second-order valence-corrected chi connectivity index (χ2v) is 7.96. The fourth-order valence-corrected chi connectivity index (χ4v) is 3.61. The third-order valence-electron chi connectivity index (χ3n) is 5.02. The van der Waals surface area contributed by atoms with Gasteiger partial charge in [-0.1, -0.05) is 32.9 Å². The van der Waals surface area contributed by atoms with Gasteiger partial charge in [0, 0.05) is 31.1 Å². The van der Waals surface area contributed by atoms with Gasteiger partial charge in [0.05, 0.1) is 17.6 Å². The molecular formula is C20H30N4O. The SMILES string of the molecule is CCn1c(CNC2CCN(C(=O)C(C)(C)C)CC2)nc2ccccc21. The molecule has 25 heavy (non-hydrogen) atoms. The van der Waals surface area contributed by atoms with Crippen LogP contribution in [-0.4, -0.2) is 39.5 Å². The second-order valence-electron chi connectivity index (χ2n) is 7.96. The smallest absolute Gasteiger partial charge is 0.227 e. The number of hydrogen-bond donors (Lipinski definition) is 1. The van der Waals surface area contributed by atoms with E-state index in [2.05, 4.69) is 35.0 Å². The summed E-state index contributed by atoms with van der Waals surface area (Å²) in [6.45, 7) is 11.5. The first-order valence-corrected chi connectivity index (χ1v) is 9.37. The quantitative estimate of drug-likeness (QED) is 0.928. The molecule has 1 aliphatic rings. The van der Waals surface area contributed by atoms with E-state index in [9.17, 15) is 4.79 Å². The van der Waals surface area contributed by atoms with E-state index in [-0.39, 0.29) is 11.3 Å². The van der Waals surface area contributed by atoms with Gasteiger partial charge in [-0.2, -0.15) is 0 Å². The van der Waals surface area contributed by atoms with Crippen molar-refractivity contribution in [2.45, 2.75) is 59.7 Å². The molecule has 1 aliphatic heterocycles. The van der Waals surface area contributed by atoms with Crippen molar-refractivity contribution in [1.29, 1.82) is 0 Å². The van der Waals surface area contributed by atoms with E-state index in [1.54, 1.807) is 0 Å². The maximum atomic E-state index is 12.4. The van der Waals surface area contributed by atoms with Crippen molar-refractivity contribution in [2.75, 3.05) is 13.1 Å². The number of benzene rings is 1. The maximum absolute atomic E-state index is 12.4. The highest BCUT2D eigenvalue weighted by molar-refractivity contribution is 5.81. The third kappa shape index (κ3) is 3.87. The van der Waals surface area contributed by atoms with Gasteiger partial charge in [-0.15, -0.1) is 0 Å². The van der Waals surface area contributed by atoms with E-state index in [4.69, 9.17) is 4.98 Å². The number of para-hydroxylation sites is 2. The number of piperidine rings is 1.